The molecular weight excluding hydrogens is 346 g/mol. The third-order valence-electron chi connectivity index (χ3n) is 3.09. The minimum absolute atomic E-state index is 0.0235. The molecule has 1 aromatic carbocycles. The Morgan fingerprint density at radius 3 is 2.94 bits per heavy atom. The molecule has 0 aliphatic carbocycles. The molecule has 1 unspecified atom stereocenters. The first-order valence-electron chi connectivity index (χ1n) is 5.87. The summed E-state index contributed by atoms with van der Waals surface area (Å²) in [7, 11) is 0. The Labute approximate surface area is 119 Å². The van der Waals surface area contributed by atoms with Crippen molar-refractivity contribution in [1.82, 2.24) is 0 Å². The average molecular weight is 361 g/mol. The summed E-state index contributed by atoms with van der Waals surface area (Å²) < 4.78 is 1.07. The van der Waals surface area contributed by atoms with Crippen LogP contribution in [0.25, 0.3) is 0 Å². The van der Waals surface area contributed by atoms with Crippen molar-refractivity contribution in [2.75, 3.05) is 11.4 Å². The van der Waals surface area contributed by atoms with Crippen LogP contribution in [0.3, 0.4) is 0 Å². The number of rotatable bonds is 2. The number of carbonyl (C=O) groups is 1. The molecule has 0 N–H and O–H groups in total. The van der Waals surface area contributed by atoms with E-state index in [2.05, 4.69) is 44.8 Å². The van der Waals surface area contributed by atoms with Gasteiger partial charge in [-0.05, 0) is 43.0 Å². The van der Waals surface area contributed by atoms with Gasteiger partial charge in [-0.1, -0.05) is 38.8 Å². The maximum absolute atomic E-state index is 12.1. The second kappa shape index (κ2) is 5.53. The number of alkyl halides is 1. The van der Waals surface area contributed by atoms with E-state index in [1.807, 2.05) is 17.0 Å². The van der Waals surface area contributed by atoms with E-state index < -0.39 is 0 Å². The molecule has 1 aliphatic rings. The molecule has 1 saturated heterocycles. The second-order valence-electron chi connectivity index (χ2n) is 4.23. The van der Waals surface area contributed by atoms with Crippen LogP contribution in [0.5, 0.6) is 0 Å². The zero-order chi connectivity index (χ0) is 12.4. The fraction of sp³-hybridized carbons (Fsp3) is 0.462. The normalized spacial score (nSPS) is 20.8. The van der Waals surface area contributed by atoms with Crippen molar-refractivity contribution in [1.29, 1.82) is 0 Å². The molecule has 0 spiro atoms. The van der Waals surface area contributed by atoms with Crippen LogP contribution in [0.4, 0.5) is 5.69 Å². The van der Waals surface area contributed by atoms with Crippen molar-refractivity contribution in [3.63, 3.8) is 0 Å². The molecule has 17 heavy (non-hydrogen) atoms. The number of halogens is 2. The lowest BCUT2D eigenvalue weighted by atomic mass is 10.1. The SMILES string of the molecule is CCc1cc(Br)ccc1N1CCCC(Br)C1=O. The molecule has 1 heterocycles. The number of anilines is 1. The van der Waals surface area contributed by atoms with Gasteiger partial charge in [0.2, 0.25) is 5.91 Å². The Bertz CT molecular complexity index is 433. The maximum Gasteiger partial charge on any atom is 0.240 e. The van der Waals surface area contributed by atoms with E-state index in [-0.39, 0.29) is 10.7 Å². The second-order valence-corrected chi connectivity index (χ2v) is 6.25. The van der Waals surface area contributed by atoms with E-state index in [0.717, 1.165) is 36.0 Å². The lowest BCUT2D eigenvalue weighted by Gasteiger charge is -2.31. The summed E-state index contributed by atoms with van der Waals surface area (Å²) in [5.74, 6) is 0.188. The Morgan fingerprint density at radius 1 is 1.47 bits per heavy atom. The Kier molecular flexibility index (Phi) is 4.26. The molecule has 92 valence electrons. The number of carbonyl (C=O) groups excluding carboxylic acids is 1. The molecule has 0 saturated carbocycles. The van der Waals surface area contributed by atoms with Crippen LogP contribution in [0.15, 0.2) is 22.7 Å². The standard InChI is InChI=1S/C13H15Br2NO/c1-2-9-8-10(14)5-6-12(9)16-7-3-4-11(15)13(16)17/h5-6,8,11H,2-4,7H2,1H3. The number of amides is 1. The smallest absolute Gasteiger partial charge is 0.240 e. The fourth-order valence-electron chi connectivity index (χ4n) is 2.17. The quantitative estimate of drug-likeness (QED) is 0.732. The van der Waals surface area contributed by atoms with Gasteiger partial charge < -0.3 is 4.90 Å². The molecule has 1 fully saturated rings. The van der Waals surface area contributed by atoms with Gasteiger partial charge in [0, 0.05) is 16.7 Å². The summed E-state index contributed by atoms with van der Waals surface area (Å²) in [6.45, 7) is 2.95. The number of piperidine rings is 1. The molecule has 2 nitrogen and oxygen atoms in total. The van der Waals surface area contributed by atoms with Crippen molar-refractivity contribution in [3.05, 3.63) is 28.2 Å². The van der Waals surface area contributed by atoms with Crippen LogP contribution < -0.4 is 4.90 Å². The fourth-order valence-corrected chi connectivity index (χ4v) is 3.15. The summed E-state index contributed by atoms with van der Waals surface area (Å²) in [5.41, 5.74) is 2.28. The molecule has 1 aromatic rings. The predicted octanol–water partition coefficient (Wildman–Crippen LogP) is 3.90. The number of hydrogen-bond donors (Lipinski definition) is 0. The zero-order valence-corrected chi connectivity index (χ0v) is 12.9. The lowest BCUT2D eigenvalue weighted by molar-refractivity contribution is -0.118. The van der Waals surface area contributed by atoms with Crippen molar-refractivity contribution < 1.29 is 4.79 Å². The van der Waals surface area contributed by atoms with Crippen LogP contribution in [0.1, 0.15) is 25.3 Å². The van der Waals surface area contributed by atoms with Crippen LogP contribution in [0.2, 0.25) is 0 Å². The van der Waals surface area contributed by atoms with E-state index in [1.165, 1.54) is 5.56 Å². The summed E-state index contributed by atoms with van der Waals surface area (Å²) in [5, 5.41) is 0. The molecule has 1 aliphatic heterocycles. The topological polar surface area (TPSA) is 20.3 Å². The van der Waals surface area contributed by atoms with Crippen LogP contribution in [0, 0.1) is 0 Å². The van der Waals surface area contributed by atoms with E-state index >= 15 is 0 Å². The van der Waals surface area contributed by atoms with Gasteiger partial charge in [-0.15, -0.1) is 0 Å². The van der Waals surface area contributed by atoms with Gasteiger partial charge in [-0.3, -0.25) is 4.79 Å². The minimum atomic E-state index is -0.0235. The van der Waals surface area contributed by atoms with Gasteiger partial charge in [0.05, 0.1) is 4.83 Å². The van der Waals surface area contributed by atoms with Crippen LogP contribution >= 0.6 is 31.9 Å². The summed E-state index contributed by atoms with van der Waals surface area (Å²) >= 11 is 6.93. The van der Waals surface area contributed by atoms with Crippen LogP contribution in [-0.2, 0) is 11.2 Å². The summed E-state index contributed by atoms with van der Waals surface area (Å²) in [6.07, 6.45) is 2.93. The third kappa shape index (κ3) is 2.74. The van der Waals surface area contributed by atoms with Gasteiger partial charge in [-0.2, -0.15) is 0 Å². The first-order valence-corrected chi connectivity index (χ1v) is 7.58. The van der Waals surface area contributed by atoms with E-state index in [9.17, 15) is 4.79 Å². The lowest BCUT2D eigenvalue weighted by Crippen LogP contribution is -2.42. The number of benzene rings is 1. The molecule has 1 amide bonds. The van der Waals surface area contributed by atoms with E-state index in [1.54, 1.807) is 0 Å². The molecule has 0 aromatic heterocycles. The molecule has 0 radical (unpaired) electrons. The molecule has 0 bridgehead atoms. The van der Waals surface area contributed by atoms with Gasteiger partial charge in [-0.25, -0.2) is 0 Å². The van der Waals surface area contributed by atoms with Crippen molar-refractivity contribution in [3.8, 4) is 0 Å². The molecule has 1 atom stereocenters. The van der Waals surface area contributed by atoms with Gasteiger partial charge in [0.1, 0.15) is 0 Å². The predicted molar refractivity (Wildman–Crippen MR) is 77.8 cm³/mol. The first-order chi connectivity index (χ1) is 8.13. The highest BCUT2D eigenvalue weighted by atomic mass is 79.9. The zero-order valence-electron chi connectivity index (χ0n) is 9.75. The summed E-state index contributed by atoms with van der Waals surface area (Å²) in [6, 6.07) is 6.13. The number of nitrogens with zero attached hydrogens (tertiary/aromatic N) is 1. The van der Waals surface area contributed by atoms with E-state index in [4.69, 9.17) is 0 Å². The van der Waals surface area contributed by atoms with Crippen molar-refractivity contribution >= 4 is 43.5 Å². The average Bonchev–Trinajstić information content (AvgIpc) is 2.33. The van der Waals surface area contributed by atoms with Crippen molar-refractivity contribution in [2.45, 2.75) is 31.0 Å². The Hall–Kier alpha value is -0.350. The monoisotopic (exact) mass is 359 g/mol. The molecular formula is C13H15Br2NO. The molecule has 4 heteroatoms. The maximum atomic E-state index is 12.1. The number of hydrogen-bond acceptors (Lipinski definition) is 1. The largest absolute Gasteiger partial charge is 0.311 e. The van der Waals surface area contributed by atoms with Gasteiger partial charge in [0.15, 0.2) is 0 Å². The van der Waals surface area contributed by atoms with Gasteiger partial charge in [0.25, 0.3) is 0 Å². The van der Waals surface area contributed by atoms with Crippen molar-refractivity contribution in [2.24, 2.45) is 0 Å². The third-order valence-corrected chi connectivity index (χ3v) is 4.43. The van der Waals surface area contributed by atoms with E-state index in [0.29, 0.717) is 0 Å². The van der Waals surface area contributed by atoms with Crippen LogP contribution in [-0.4, -0.2) is 17.3 Å². The summed E-state index contributed by atoms with van der Waals surface area (Å²) in [4.78, 5) is 14.0. The highest BCUT2D eigenvalue weighted by molar-refractivity contribution is 9.10. The highest BCUT2D eigenvalue weighted by Crippen LogP contribution is 2.29. The number of aryl methyl sites for hydroxylation is 1. The first kappa shape index (κ1) is 13.1. The Balaban J connectivity index is 2.35. The minimum Gasteiger partial charge on any atom is -0.311 e. The molecule has 2 rings (SSSR count). The highest BCUT2D eigenvalue weighted by Gasteiger charge is 2.28. The van der Waals surface area contributed by atoms with Gasteiger partial charge >= 0.3 is 0 Å². The Morgan fingerprint density at radius 2 is 2.24 bits per heavy atom.